The molecule has 1 aromatic carbocycles. The highest BCUT2D eigenvalue weighted by molar-refractivity contribution is 7.89. The average Bonchev–Trinajstić information content (AvgIpc) is 3.36. The predicted octanol–water partition coefficient (Wildman–Crippen LogP) is 2.91. The second-order valence-corrected chi connectivity index (χ2v) is 9.85. The minimum Gasteiger partial charge on any atom is -0.321 e. The van der Waals surface area contributed by atoms with Gasteiger partial charge < -0.3 is 10.6 Å². The molecule has 0 bridgehead atoms. The number of anilines is 2. The van der Waals surface area contributed by atoms with Crippen LogP contribution < -0.4 is 10.6 Å². The lowest BCUT2D eigenvalue weighted by Gasteiger charge is -2.15. The second kappa shape index (κ2) is 7.41. The molecule has 2 aromatic rings. The molecule has 2 N–H and O–H groups in total. The van der Waals surface area contributed by atoms with Gasteiger partial charge in [0.15, 0.2) is 0 Å². The van der Waals surface area contributed by atoms with E-state index < -0.39 is 10.0 Å². The zero-order chi connectivity index (χ0) is 19.8. The molecule has 0 unspecified atom stereocenters. The van der Waals surface area contributed by atoms with E-state index in [-0.39, 0.29) is 22.6 Å². The molecule has 0 saturated heterocycles. The summed E-state index contributed by atoms with van der Waals surface area (Å²) >= 11 is 1.18. The molecule has 27 heavy (non-hydrogen) atoms. The Morgan fingerprint density at radius 1 is 1.11 bits per heavy atom. The molecule has 1 aromatic heterocycles. The summed E-state index contributed by atoms with van der Waals surface area (Å²) < 4.78 is 25.9. The number of hydrogen-bond acceptors (Lipinski definition) is 5. The van der Waals surface area contributed by atoms with Crippen molar-refractivity contribution in [3.05, 3.63) is 40.8 Å². The van der Waals surface area contributed by atoms with Crippen LogP contribution in [0.5, 0.6) is 0 Å². The number of thiophene rings is 1. The third-order valence-corrected chi connectivity index (χ3v) is 7.19. The number of sulfonamides is 1. The van der Waals surface area contributed by atoms with Gasteiger partial charge in [-0.05, 0) is 49.6 Å². The zero-order valence-corrected chi connectivity index (χ0v) is 16.9. The monoisotopic (exact) mass is 407 g/mol. The third-order valence-electron chi connectivity index (χ3n) is 4.23. The number of nitrogens with zero attached hydrogens (tertiary/aromatic N) is 1. The van der Waals surface area contributed by atoms with Crippen LogP contribution >= 0.6 is 11.3 Å². The molecule has 1 saturated carbocycles. The van der Waals surface area contributed by atoms with E-state index in [1.54, 1.807) is 31.2 Å². The van der Waals surface area contributed by atoms with Gasteiger partial charge in [-0.3, -0.25) is 9.59 Å². The first kappa shape index (κ1) is 19.5. The lowest BCUT2D eigenvalue weighted by molar-refractivity contribution is -0.117. The lowest BCUT2D eigenvalue weighted by atomic mass is 10.2. The number of carbonyl (C=O) groups excluding carboxylic acids is 2. The molecule has 0 atom stereocenters. The van der Waals surface area contributed by atoms with Gasteiger partial charge in [0.2, 0.25) is 15.9 Å². The van der Waals surface area contributed by atoms with Crippen molar-refractivity contribution >= 4 is 43.9 Å². The Morgan fingerprint density at radius 2 is 1.81 bits per heavy atom. The molecule has 1 aliphatic rings. The Hall–Kier alpha value is -2.23. The number of carbonyl (C=O) groups is 2. The SMILES string of the molecule is Cc1ccc(NC(=O)c2ccc(NC(=O)C3CC3)s2)cc1S(=O)(=O)N(C)C. The minimum absolute atomic E-state index is 0.0131. The van der Waals surface area contributed by atoms with Crippen molar-refractivity contribution in [3.63, 3.8) is 0 Å². The van der Waals surface area contributed by atoms with E-state index in [2.05, 4.69) is 10.6 Å². The predicted molar refractivity (Wildman–Crippen MR) is 106 cm³/mol. The fourth-order valence-corrected chi connectivity index (χ4v) is 4.39. The number of aryl methyl sites for hydroxylation is 1. The number of rotatable bonds is 6. The summed E-state index contributed by atoms with van der Waals surface area (Å²) in [6, 6.07) is 8.09. The van der Waals surface area contributed by atoms with Gasteiger partial charge in [0, 0.05) is 25.7 Å². The average molecular weight is 408 g/mol. The summed E-state index contributed by atoms with van der Waals surface area (Å²) in [6.45, 7) is 1.70. The number of benzene rings is 1. The van der Waals surface area contributed by atoms with Gasteiger partial charge in [0.1, 0.15) is 0 Å². The Balaban J connectivity index is 1.74. The van der Waals surface area contributed by atoms with Crippen molar-refractivity contribution in [2.45, 2.75) is 24.7 Å². The standard InChI is InChI=1S/C18H21N3O4S2/c1-11-4-7-13(10-15(11)27(24,25)21(2)3)19-18(23)14-8-9-16(26-14)20-17(22)12-5-6-12/h4,7-10,12H,5-6H2,1-3H3,(H,19,23)(H,20,22). The molecule has 7 nitrogen and oxygen atoms in total. The van der Waals surface area contributed by atoms with Crippen LogP contribution in [-0.2, 0) is 14.8 Å². The van der Waals surface area contributed by atoms with Gasteiger partial charge in [-0.2, -0.15) is 0 Å². The molecule has 1 heterocycles. The number of hydrogen-bond donors (Lipinski definition) is 2. The first-order valence-electron chi connectivity index (χ1n) is 8.43. The van der Waals surface area contributed by atoms with Gasteiger partial charge in [0.05, 0.1) is 14.8 Å². The molecule has 2 amide bonds. The van der Waals surface area contributed by atoms with Crippen molar-refractivity contribution in [2.75, 3.05) is 24.7 Å². The molecular weight excluding hydrogens is 386 g/mol. The fraction of sp³-hybridized carbons (Fsp3) is 0.333. The topological polar surface area (TPSA) is 95.6 Å². The smallest absolute Gasteiger partial charge is 0.265 e. The van der Waals surface area contributed by atoms with Crippen LogP contribution in [0.15, 0.2) is 35.2 Å². The van der Waals surface area contributed by atoms with Gasteiger partial charge in [-0.1, -0.05) is 6.07 Å². The summed E-state index contributed by atoms with van der Waals surface area (Å²) in [7, 11) is -0.682. The number of nitrogens with one attached hydrogen (secondary N) is 2. The van der Waals surface area contributed by atoms with E-state index in [1.165, 1.54) is 31.5 Å². The first-order valence-corrected chi connectivity index (χ1v) is 10.7. The maximum Gasteiger partial charge on any atom is 0.265 e. The third kappa shape index (κ3) is 4.37. The molecule has 144 valence electrons. The summed E-state index contributed by atoms with van der Waals surface area (Å²) in [5.74, 6) is -0.279. The van der Waals surface area contributed by atoms with Gasteiger partial charge >= 0.3 is 0 Å². The maximum absolute atomic E-state index is 12.5. The van der Waals surface area contributed by atoms with E-state index in [1.807, 2.05) is 0 Å². The Bertz CT molecular complexity index is 992. The van der Waals surface area contributed by atoms with Crippen LogP contribution in [0, 0.1) is 12.8 Å². The van der Waals surface area contributed by atoms with Crippen LogP contribution in [0.3, 0.4) is 0 Å². The zero-order valence-electron chi connectivity index (χ0n) is 15.3. The molecule has 9 heteroatoms. The summed E-state index contributed by atoms with van der Waals surface area (Å²) in [4.78, 5) is 24.8. The van der Waals surface area contributed by atoms with E-state index in [4.69, 9.17) is 0 Å². The molecule has 0 aliphatic heterocycles. The van der Waals surface area contributed by atoms with Crippen LogP contribution in [-0.4, -0.2) is 38.6 Å². The van der Waals surface area contributed by atoms with Crippen LogP contribution in [0.4, 0.5) is 10.7 Å². The second-order valence-electron chi connectivity index (χ2n) is 6.65. The largest absolute Gasteiger partial charge is 0.321 e. The van der Waals surface area contributed by atoms with Gasteiger partial charge in [0.25, 0.3) is 5.91 Å². The quantitative estimate of drug-likeness (QED) is 0.770. The first-order chi connectivity index (χ1) is 12.7. The minimum atomic E-state index is -3.60. The van der Waals surface area contributed by atoms with E-state index in [0.717, 1.165) is 17.1 Å². The molecule has 0 spiro atoms. The lowest BCUT2D eigenvalue weighted by Crippen LogP contribution is -2.23. The Kier molecular flexibility index (Phi) is 5.36. The normalized spacial score (nSPS) is 14.2. The number of amides is 2. The maximum atomic E-state index is 12.5. The van der Waals surface area contributed by atoms with Crippen molar-refractivity contribution < 1.29 is 18.0 Å². The highest BCUT2D eigenvalue weighted by Crippen LogP contribution is 2.32. The van der Waals surface area contributed by atoms with Crippen LogP contribution in [0.25, 0.3) is 0 Å². The fourth-order valence-electron chi connectivity index (χ4n) is 2.44. The van der Waals surface area contributed by atoms with E-state index in [0.29, 0.717) is 21.1 Å². The molecule has 0 radical (unpaired) electrons. The molecule has 1 aliphatic carbocycles. The molecule has 3 rings (SSSR count). The van der Waals surface area contributed by atoms with Crippen molar-refractivity contribution in [1.82, 2.24) is 4.31 Å². The Labute approximate surface area is 162 Å². The van der Waals surface area contributed by atoms with Crippen molar-refractivity contribution in [3.8, 4) is 0 Å². The van der Waals surface area contributed by atoms with Gasteiger partial charge in [-0.15, -0.1) is 11.3 Å². The van der Waals surface area contributed by atoms with Crippen molar-refractivity contribution in [2.24, 2.45) is 5.92 Å². The Morgan fingerprint density at radius 3 is 2.44 bits per heavy atom. The molecular formula is C18H21N3O4S2. The van der Waals surface area contributed by atoms with Crippen LogP contribution in [0.2, 0.25) is 0 Å². The highest BCUT2D eigenvalue weighted by Gasteiger charge is 2.30. The van der Waals surface area contributed by atoms with Crippen LogP contribution in [0.1, 0.15) is 28.1 Å². The van der Waals surface area contributed by atoms with E-state index in [9.17, 15) is 18.0 Å². The highest BCUT2D eigenvalue weighted by atomic mass is 32.2. The summed E-state index contributed by atoms with van der Waals surface area (Å²) in [6.07, 6.45) is 1.83. The van der Waals surface area contributed by atoms with Crippen molar-refractivity contribution in [1.29, 1.82) is 0 Å². The molecule has 1 fully saturated rings. The van der Waals surface area contributed by atoms with Gasteiger partial charge in [-0.25, -0.2) is 12.7 Å². The summed E-state index contributed by atoms with van der Waals surface area (Å²) in [5.41, 5.74) is 0.992. The van der Waals surface area contributed by atoms with E-state index >= 15 is 0 Å². The summed E-state index contributed by atoms with van der Waals surface area (Å²) in [5, 5.41) is 6.14.